The molecule has 1 amide bonds. The van der Waals surface area contributed by atoms with Crippen LogP contribution in [0.25, 0.3) is 0 Å². The topological polar surface area (TPSA) is 20.3 Å². The summed E-state index contributed by atoms with van der Waals surface area (Å²) in [5.74, 6) is 0.170. The molecule has 0 aliphatic carbocycles. The van der Waals surface area contributed by atoms with Gasteiger partial charge in [0.2, 0.25) is 0 Å². The van der Waals surface area contributed by atoms with Crippen LogP contribution < -0.4 is 0 Å². The third-order valence-corrected chi connectivity index (χ3v) is 3.46. The van der Waals surface area contributed by atoms with Gasteiger partial charge in [-0.2, -0.15) is 0 Å². The maximum Gasteiger partial charge on any atom is 0.252 e. The van der Waals surface area contributed by atoms with E-state index in [4.69, 9.17) is 0 Å². The van der Waals surface area contributed by atoms with Crippen molar-refractivity contribution in [3.63, 3.8) is 0 Å². The Morgan fingerprint density at radius 1 is 1.70 bits per heavy atom. The third kappa shape index (κ3) is 1.46. The van der Waals surface area contributed by atoms with Gasteiger partial charge in [0.1, 0.15) is 0 Å². The van der Waals surface area contributed by atoms with E-state index in [-0.39, 0.29) is 7.34 Å². The van der Waals surface area contributed by atoms with Crippen molar-refractivity contribution < 1.29 is 4.79 Å². The summed E-state index contributed by atoms with van der Waals surface area (Å²) >= 11 is 4.36. The predicted octanol–water partition coefficient (Wildman–Crippen LogP) is 1.93. The van der Waals surface area contributed by atoms with Gasteiger partial charge in [0.25, 0.3) is 5.91 Å². The first-order valence-electron chi connectivity index (χ1n) is 2.89. The SMILES string of the molecule is C=CN1CCC(I)(I)C1=O. The average molecular weight is 363 g/mol. The van der Waals surface area contributed by atoms with Crippen LogP contribution in [-0.4, -0.2) is 18.8 Å². The number of halogens is 2. The molecule has 10 heavy (non-hydrogen) atoms. The van der Waals surface area contributed by atoms with E-state index in [1.54, 1.807) is 11.1 Å². The van der Waals surface area contributed by atoms with E-state index in [0.717, 1.165) is 13.0 Å². The maximum absolute atomic E-state index is 11.3. The summed E-state index contributed by atoms with van der Waals surface area (Å²) in [7, 11) is 0. The lowest BCUT2D eigenvalue weighted by atomic mass is 10.4. The molecule has 1 fully saturated rings. The molecule has 1 aliphatic heterocycles. The van der Waals surface area contributed by atoms with E-state index in [1.807, 2.05) is 0 Å². The van der Waals surface area contributed by atoms with Gasteiger partial charge in [-0.25, -0.2) is 0 Å². The molecule has 0 aromatic carbocycles. The molecule has 0 saturated carbocycles. The molecule has 2 nitrogen and oxygen atoms in total. The Bertz CT molecular complexity index is 179. The zero-order chi connectivity index (χ0) is 7.78. The number of carbonyl (C=O) groups is 1. The Morgan fingerprint density at radius 3 is 2.50 bits per heavy atom. The molecule has 1 aliphatic rings. The van der Waals surface area contributed by atoms with Crippen LogP contribution in [0.5, 0.6) is 0 Å². The summed E-state index contributed by atoms with van der Waals surface area (Å²) < 4.78 is -0.219. The van der Waals surface area contributed by atoms with Crippen molar-refractivity contribution in [3.8, 4) is 0 Å². The van der Waals surface area contributed by atoms with Crippen molar-refractivity contribution in [1.82, 2.24) is 4.90 Å². The lowest BCUT2D eigenvalue weighted by Gasteiger charge is -2.11. The van der Waals surface area contributed by atoms with Crippen LogP contribution in [0.4, 0.5) is 0 Å². The molecular formula is C6H7I2NO. The largest absolute Gasteiger partial charge is 0.318 e. The van der Waals surface area contributed by atoms with Crippen LogP contribution in [0.1, 0.15) is 6.42 Å². The van der Waals surface area contributed by atoms with Gasteiger partial charge in [-0.05, 0) is 12.6 Å². The Balaban J connectivity index is 2.76. The molecule has 0 aromatic heterocycles. The fraction of sp³-hybridized carbons (Fsp3) is 0.500. The van der Waals surface area contributed by atoms with E-state index in [1.165, 1.54) is 0 Å². The second kappa shape index (κ2) is 2.96. The van der Waals surface area contributed by atoms with Gasteiger partial charge in [-0.1, -0.05) is 51.8 Å². The monoisotopic (exact) mass is 363 g/mol. The molecule has 0 spiro atoms. The Morgan fingerprint density at radius 2 is 2.30 bits per heavy atom. The average Bonchev–Trinajstić information content (AvgIpc) is 2.10. The van der Waals surface area contributed by atoms with Crippen molar-refractivity contribution in [2.24, 2.45) is 0 Å². The molecule has 56 valence electrons. The number of amides is 1. The van der Waals surface area contributed by atoms with Gasteiger partial charge in [-0.3, -0.25) is 4.79 Å². The Hall–Kier alpha value is 0.670. The normalized spacial score (nSPS) is 23.4. The molecule has 4 heteroatoms. The summed E-state index contributed by atoms with van der Waals surface area (Å²) in [5.41, 5.74) is 0. The minimum Gasteiger partial charge on any atom is -0.318 e. The standard InChI is InChI=1S/C6H7I2NO/c1-2-9-4-3-6(7,8)5(9)10/h2H,1,3-4H2. The van der Waals surface area contributed by atoms with Gasteiger partial charge in [0, 0.05) is 6.54 Å². The molecular weight excluding hydrogens is 356 g/mol. The summed E-state index contributed by atoms with van der Waals surface area (Å²) in [6.07, 6.45) is 2.51. The number of hydrogen-bond donors (Lipinski definition) is 0. The lowest BCUT2D eigenvalue weighted by Crippen LogP contribution is -2.26. The lowest BCUT2D eigenvalue weighted by molar-refractivity contribution is -0.125. The van der Waals surface area contributed by atoms with E-state index in [2.05, 4.69) is 51.8 Å². The number of carbonyl (C=O) groups excluding carboxylic acids is 1. The number of rotatable bonds is 1. The first-order chi connectivity index (χ1) is 4.58. The van der Waals surface area contributed by atoms with E-state index in [0.29, 0.717) is 0 Å². The molecule has 0 N–H and O–H groups in total. The number of likely N-dealkylation sites (tertiary alicyclic amines) is 1. The van der Waals surface area contributed by atoms with Gasteiger partial charge in [0.05, 0.1) is 0 Å². The molecule has 0 bridgehead atoms. The second-order valence-electron chi connectivity index (χ2n) is 2.14. The first-order valence-corrected chi connectivity index (χ1v) is 5.05. The molecule has 0 atom stereocenters. The highest BCUT2D eigenvalue weighted by atomic mass is 127. The van der Waals surface area contributed by atoms with Crippen molar-refractivity contribution >= 4 is 51.1 Å². The van der Waals surface area contributed by atoms with Gasteiger partial charge in [0.15, 0.2) is 1.43 Å². The van der Waals surface area contributed by atoms with E-state index in [9.17, 15) is 4.79 Å². The highest BCUT2D eigenvalue weighted by Crippen LogP contribution is 2.38. The molecule has 1 rings (SSSR count). The number of alkyl halides is 2. The van der Waals surface area contributed by atoms with Gasteiger partial charge < -0.3 is 4.90 Å². The molecule has 1 heterocycles. The third-order valence-electron chi connectivity index (χ3n) is 1.46. The smallest absolute Gasteiger partial charge is 0.252 e. The molecule has 1 saturated heterocycles. The van der Waals surface area contributed by atoms with Crippen LogP contribution in [0.15, 0.2) is 12.8 Å². The minimum atomic E-state index is -0.219. The van der Waals surface area contributed by atoms with Crippen LogP contribution in [-0.2, 0) is 4.79 Å². The number of hydrogen-bond acceptors (Lipinski definition) is 1. The molecule has 0 unspecified atom stereocenters. The zero-order valence-corrected chi connectivity index (χ0v) is 9.63. The minimum absolute atomic E-state index is 0.170. The Labute approximate surface area is 87.3 Å². The van der Waals surface area contributed by atoms with Crippen molar-refractivity contribution in [2.75, 3.05) is 6.54 Å². The highest BCUT2D eigenvalue weighted by molar-refractivity contribution is 14.2. The predicted molar refractivity (Wildman–Crippen MR) is 57.3 cm³/mol. The summed E-state index contributed by atoms with van der Waals surface area (Å²) in [6.45, 7) is 4.37. The van der Waals surface area contributed by atoms with Crippen LogP contribution >= 0.6 is 45.2 Å². The summed E-state index contributed by atoms with van der Waals surface area (Å²) in [4.78, 5) is 13.0. The maximum atomic E-state index is 11.3. The van der Waals surface area contributed by atoms with Crippen molar-refractivity contribution in [2.45, 2.75) is 7.85 Å². The Kier molecular flexibility index (Phi) is 2.59. The van der Waals surface area contributed by atoms with Crippen LogP contribution in [0.2, 0.25) is 0 Å². The van der Waals surface area contributed by atoms with Gasteiger partial charge in [-0.15, -0.1) is 0 Å². The van der Waals surface area contributed by atoms with Crippen LogP contribution in [0.3, 0.4) is 0 Å². The fourth-order valence-electron chi connectivity index (χ4n) is 0.854. The second-order valence-corrected chi connectivity index (χ2v) is 7.88. The van der Waals surface area contributed by atoms with Gasteiger partial charge >= 0.3 is 0 Å². The first kappa shape index (κ1) is 8.76. The van der Waals surface area contributed by atoms with Crippen molar-refractivity contribution in [1.29, 1.82) is 0 Å². The summed E-state index contributed by atoms with van der Waals surface area (Å²) in [5, 5.41) is 0. The van der Waals surface area contributed by atoms with Crippen molar-refractivity contribution in [3.05, 3.63) is 12.8 Å². The highest BCUT2D eigenvalue weighted by Gasteiger charge is 2.41. The van der Waals surface area contributed by atoms with E-state index >= 15 is 0 Å². The molecule has 0 radical (unpaired) electrons. The van der Waals surface area contributed by atoms with Crippen LogP contribution in [0, 0.1) is 0 Å². The zero-order valence-electron chi connectivity index (χ0n) is 5.31. The summed E-state index contributed by atoms with van der Waals surface area (Å²) in [6, 6.07) is 0. The fourth-order valence-corrected chi connectivity index (χ4v) is 1.96. The molecule has 0 aromatic rings. The quantitative estimate of drug-likeness (QED) is 0.515. The number of nitrogens with zero attached hydrogens (tertiary/aromatic N) is 1. The van der Waals surface area contributed by atoms with E-state index < -0.39 is 0 Å².